The maximum atomic E-state index is 14.1. The first-order valence-corrected chi connectivity index (χ1v) is 17.6. The Hall–Kier alpha value is -6.28. The van der Waals surface area contributed by atoms with E-state index in [2.05, 4.69) is 16.0 Å². The lowest BCUT2D eigenvalue weighted by molar-refractivity contribution is -0.384. The van der Waals surface area contributed by atoms with Crippen molar-refractivity contribution >= 4 is 29.3 Å². The second-order valence-electron chi connectivity index (χ2n) is 12.6. The number of benzene rings is 4. The van der Waals surface area contributed by atoms with Crippen molar-refractivity contribution in [1.82, 2.24) is 16.0 Å². The Labute approximate surface area is 313 Å². The summed E-state index contributed by atoms with van der Waals surface area (Å²) in [6.07, 6.45) is 0.238. The molecule has 4 amide bonds. The van der Waals surface area contributed by atoms with Crippen LogP contribution in [0.5, 0.6) is 11.5 Å². The predicted molar refractivity (Wildman–Crippen MR) is 203 cm³/mol. The summed E-state index contributed by atoms with van der Waals surface area (Å²) in [6, 6.07) is 24.2. The summed E-state index contributed by atoms with van der Waals surface area (Å²) in [4.78, 5) is 64.6. The fourth-order valence-corrected chi connectivity index (χ4v) is 5.66. The second kappa shape index (κ2) is 20.1. The van der Waals surface area contributed by atoms with Crippen LogP contribution in [0.25, 0.3) is 0 Å². The minimum atomic E-state index is -1.23. The molecular weight excluding hydrogens is 692 g/mol. The van der Waals surface area contributed by atoms with Gasteiger partial charge < -0.3 is 36.9 Å². The topological polar surface area (TPSA) is 218 Å². The molecule has 0 saturated heterocycles. The van der Waals surface area contributed by atoms with Crippen LogP contribution in [-0.2, 0) is 44.9 Å². The number of nitrogens with two attached hydrogens (primary N) is 2. The standard InChI is InChI=1S/C40H46N6O8/c1-3-53-31-18-12-28(13-19-31)24-35(44-38(48)33(41)22-26-8-6-5-7-9-26)40(50)45-36(25-29-14-20-32(21-15-29)54-4-2)39(49)43-34(37(42)47)23-27-10-16-30(17-11-27)46(51)52/h5-21,33-36H,3-4,22-25,41H2,1-2H3,(H2,42,47)(H,43,49)(H,44,48)(H,45,50). The van der Waals surface area contributed by atoms with E-state index in [0.717, 1.165) is 5.56 Å². The minimum Gasteiger partial charge on any atom is -0.494 e. The molecule has 0 aliphatic heterocycles. The molecule has 0 aliphatic rings. The molecule has 0 bridgehead atoms. The molecule has 0 fully saturated rings. The number of nitrogens with zero attached hydrogens (tertiary/aromatic N) is 1. The summed E-state index contributed by atoms with van der Waals surface area (Å²) in [5.74, 6) is -1.53. The van der Waals surface area contributed by atoms with Crippen LogP contribution in [0.15, 0.2) is 103 Å². The van der Waals surface area contributed by atoms with E-state index in [1.165, 1.54) is 24.3 Å². The van der Waals surface area contributed by atoms with Crippen LogP contribution < -0.4 is 36.9 Å². The van der Waals surface area contributed by atoms with Gasteiger partial charge in [-0.25, -0.2) is 0 Å². The second-order valence-corrected chi connectivity index (χ2v) is 12.6. The number of ether oxygens (including phenoxy) is 2. The number of primary amides is 1. The lowest BCUT2D eigenvalue weighted by atomic mass is 10.0. The van der Waals surface area contributed by atoms with Crippen LogP contribution in [0.1, 0.15) is 36.1 Å². The van der Waals surface area contributed by atoms with Gasteiger partial charge in [-0.2, -0.15) is 0 Å². The highest BCUT2D eigenvalue weighted by atomic mass is 16.6. The molecule has 54 heavy (non-hydrogen) atoms. The fraction of sp³-hybridized carbons (Fsp3) is 0.300. The first-order chi connectivity index (χ1) is 25.9. The van der Waals surface area contributed by atoms with E-state index in [4.69, 9.17) is 20.9 Å². The average molecular weight is 739 g/mol. The summed E-state index contributed by atoms with van der Waals surface area (Å²) in [6.45, 7) is 4.65. The van der Waals surface area contributed by atoms with Crippen molar-refractivity contribution in [3.63, 3.8) is 0 Å². The van der Waals surface area contributed by atoms with E-state index in [1.807, 2.05) is 44.2 Å². The summed E-state index contributed by atoms with van der Waals surface area (Å²) >= 11 is 0. The Morgan fingerprint density at radius 2 is 0.981 bits per heavy atom. The van der Waals surface area contributed by atoms with Crippen LogP contribution in [0.4, 0.5) is 5.69 Å². The molecule has 0 saturated carbocycles. The van der Waals surface area contributed by atoms with Crippen LogP contribution in [0.2, 0.25) is 0 Å². The van der Waals surface area contributed by atoms with E-state index in [-0.39, 0.29) is 31.4 Å². The molecule has 14 heteroatoms. The molecule has 4 aromatic carbocycles. The molecule has 4 aromatic rings. The van der Waals surface area contributed by atoms with Crippen molar-refractivity contribution in [3.05, 3.63) is 135 Å². The third-order valence-corrected chi connectivity index (χ3v) is 8.50. The van der Waals surface area contributed by atoms with Gasteiger partial charge in [0.1, 0.15) is 29.6 Å². The molecular formula is C40H46N6O8. The van der Waals surface area contributed by atoms with E-state index in [1.54, 1.807) is 48.5 Å². The highest BCUT2D eigenvalue weighted by Crippen LogP contribution is 2.17. The zero-order chi connectivity index (χ0) is 39.0. The molecule has 0 radical (unpaired) electrons. The molecule has 284 valence electrons. The number of amides is 4. The van der Waals surface area contributed by atoms with Crippen molar-refractivity contribution in [1.29, 1.82) is 0 Å². The molecule has 7 N–H and O–H groups in total. The SMILES string of the molecule is CCOc1ccc(CC(NC(=O)C(N)Cc2ccccc2)C(=O)NC(Cc2ccc(OCC)cc2)C(=O)NC(Cc2ccc([N+](=O)[O-])cc2)C(N)=O)cc1. The van der Waals surface area contributed by atoms with E-state index < -0.39 is 52.7 Å². The first-order valence-electron chi connectivity index (χ1n) is 17.6. The number of carbonyl (C=O) groups excluding carboxylic acids is 4. The van der Waals surface area contributed by atoms with Crippen LogP contribution in [0, 0.1) is 10.1 Å². The van der Waals surface area contributed by atoms with Crippen molar-refractivity contribution in [2.24, 2.45) is 11.5 Å². The Kier molecular flexibility index (Phi) is 15.1. The van der Waals surface area contributed by atoms with Gasteiger partial charge in [0, 0.05) is 31.4 Å². The van der Waals surface area contributed by atoms with Gasteiger partial charge in [-0.15, -0.1) is 0 Å². The zero-order valence-corrected chi connectivity index (χ0v) is 30.2. The molecule has 4 atom stereocenters. The largest absolute Gasteiger partial charge is 0.494 e. The Morgan fingerprint density at radius 3 is 1.41 bits per heavy atom. The van der Waals surface area contributed by atoms with Crippen molar-refractivity contribution in [2.75, 3.05) is 13.2 Å². The summed E-state index contributed by atoms with van der Waals surface area (Å²) in [5.41, 5.74) is 14.6. The third kappa shape index (κ3) is 12.4. The Morgan fingerprint density at radius 1 is 0.593 bits per heavy atom. The molecule has 0 aliphatic carbocycles. The number of non-ortho nitro benzene ring substituents is 1. The van der Waals surface area contributed by atoms with Crippen LogP contribution in [-0.4, -0.2) is 65.9 Å². The maximum absolute atomic E-state index is 14.1. The van der Waals surface area contributed by atoms with Gasteiger partial charge >= 0.3 is 0 Å². The van der Waals surface area contributed by atoms with Gasteiger partial charge in [0.05, 0.1) is 24.2 Å². The molecule has 0 aromatic heterocycles. The lowest BCUT2D eigenvalue weighted by Gasteiger charge is -2.26. The van der Waals surface area contributed by atoms with Crippen LogP contribution >= 0.6 is 0 Å². The smallest absolute Gasteiger partial charge is 0.269 e. The Balaban J connectivity index is 1.59. The van der Waals surface area contributed by atoms with Crippen molar-refractivity contribution < 1.29 is 33.6 Å². The number of nitro groups is 1. The molecule has 0 spiro atoms. The third-order valence-electron chi connectivity index (χ3n) is 8.50. The monoisotopic (exact) mass is 738 g/mol. The van der Waals surface area contributed by atoms with Crippen molar-refractivity contribution in [2.45, 2.75) is 63.7 Å². The Bertz CT molecular complexity index is 1850. The summed E-state index contributed by atoms with van der Waals surface area (Å²) in [5, 5.41) is 19.3. The number of carbonyl (C=O) groups is 4. The number of nitro benzene ring substituents is 1. The van der Waals surface area contributed by atoms with Gasteiger partial charge in [0.25, 0.3) is 5.69 Å². The number of hydrogen-bond donors (Lipinski definition) is 5. The summed E-state index contributed by atoms with van der Waals surface area (Å²) in [7, 11) is 0. The molecule has 14 nitrogen and oxygen atoms in total. The fourth-order valence-electron chi connectivity index (χ4n) is 5.66. The average Bonchev–Trinajstić information content (AvgIpc) is 3.16. The van der Waals surface area contributed by atoms with Gasteiger partial charge in [0.15, 0.2) is 0 Å². The van der Waals surface area contributed by atoms with Crippen molar-refractivity contribution in [3.8, 4) is 11.5 Å². The maximum Gasteiger partial charge on any atom is 0.269 e. The van der Waals surface area contributed by atoms with Gasteiger partial charge in [-0.05, 0) is 66.8 Å². The van der Waals surface area contributed by atoms with Crippen LogP contribution in [0.3, 0.4) is 0 Å². The summed E-state index contributed by atoms with van der Waals surface area (Å²) < 4.78 is 11.1. The number of nitrogens with one attached hydrogen (secondary N) is 3. The van der Waals surface area contributed by atoms with E-state index in [9.17, 15) is 29.3 Å². The highest BCUT2D eigenvalue weighted by molar-refractivity contribution is 5.95. The lowest BCUT2D eigenvalue weighted by Crippen LogP contribution is -2.58. The van der Waals surface area contributed by atoms with Gasteiger partial charge in [0.2, 0.25) is 23.6 Å². The van der Waals surface area contributed by atoms with E-state index >= 15 is 0 Å². The van der Waals surface area contributed by atoms with Gasteiger partial charge in [-0.1, -0.05) is 66.7 Å². The predicted octanol–water partition coefficient (Wildman–Crippen LogP) is 2.93. The highest BCUT2D eigenvalue weighted by Gasteiger charge is 2.31. The first kappa shape index (κ1) is 40.5. The zero-order valence-electron chi connectivity index (χ0n) is 30.2. The number of hydrogen-bond acceptors (Lipinski definition) is 9. The molecule has 0 heterocycles. The molecule has 4 unspecified atom stereocenters. The minimum absolute atomic E-state index is 0.00420. The van der Waals surface area contributed by atoms with E-state index in [0.29, 0.717) is 41.4 Å². The quantitative estimate of drug-likeness (QED) is 0.0664. The van der Waals surface area contributed by atoms with Gasteiger partial charge in [-0.3, -0.25) is 29.3 Å². The number of rotatable bonds is 20. The normalized spacial score (nSPS) is 13.0. The molecule has 4 rings (SSSR count).